The van der Waals surface area contributed by atoms with Crippen molar-refractivity contribution in [3.63, 3.8) is 0 Å². The van der Waals surface area contributed by atoms with E-state index in [4.69, 9.17) is 5.90 Å². The number of rotatable bonds is 2. The van der Waals surface area contributed by atoms with Crippen molar-refractivity contribution in [2.75, 3.05) is 0 Å². The first-order valence-electron chi connectivity index (χ1n) is 4.42. The molecule has 4 nitrogen and oxygen atoms in total. The summed E-state index contributed by atoms with van der Waals surface area (Å²) in [5.74, 6) is 4.90. The zero-order valence-corrected chi connectivity index (χ0v) is 7.45. The minimum atomic E-state index is -0.107. The quantitative estimate of drug-likeness (QED) is 0.631. The third-order valence-electron chi connectivity index (χ3n) is 2.33. The zero-order chi connectivity index (χ0) is 8.97. The third-order valence-corrected chi connectivity index (χ3v) is 2.33. The minimum Gasteiger partial charge on any atom is -0.273 e. The molecule has 0 radical (unpaired) electrons. The van der Waals surface area contributed by atoms with Crippen LogP contribution in [0.15, 0.2) is 0 Å². The van der Waals surface area contributed by atoms with Crippen LogP contribution in [0, 0.1) is 0 Å². The van der Waals surface area contributed by atoms with Crippen molar-refractivity contribution >= 4 is 5.91 Å². The average molecular weight is 172 g/mol. The molecule has 0 bridgehead atoms. The lowest BCUT2D eigenvalue weighted by Crippen LogP contribution is -2.41. The predicted molar refractivity (Wildman–Crippen MR) is 44.7 cm³/mol. The van der Waals surface area contributed by atoms with Gasteiger partial charge in [0.15, 0.2) is 0 Å². The van der Waals surface area contributed by atoms with Crippen LogP contribution in [-0.4, -0.2) is 17.0 Å². The molecule has 1 fully saturated rings. The summed E-state index contributed by atoms with van der Waals surface area (Å²) in [5, 5.41) is 1.29. The van der Waals surface area contributed by atoms with Crippen molar-refractivity contribution in [1.82, 2.24) is 5.06 Å². The summed E-state index contributed by atoms with van der Waals surface area (Å²) in [5.41, 5.74) is 0. The Labute approximate surface area is 72.6 Å². The van der Waals surface area contributed by atoms with E-state index in [1.807, 2.05) is 0 Å². The Hall–Kier alpha value is -0.610. The van der Waals surface area contributed by atoms with Crippen LogP contribution < -0.4 is 5.90 Å². The van der Waals surface area contributed by atoms with Gasteiger partial charge < -0.3 is 0 Å². The monoisotopic (exact) mass is 172 g/mol. The maximum Gasteiger partial charge on any atom is 0.244 e. The highest BCUT2D eigenvalue weighted by molar-refractivity contribution is 5.72. The molecule has 2 N–H and O–H groups in total. The van der Waals surface area contributed by atoms with Gasteiger partial charge in [0.1, 0.15) is 0 Å². The number of carbonyl (C=O) groups excluding carboxylic acids is 1. The molecule has 0 aromatic carbocycles. The van der Waals surface area contributed by atoms with Gasteiger partial charge in [-0.3, -0.25) is 4.79 Å². The summed E-state index contributed by atoms with van der Waals surface area (Å²) in [6, 6.07) is 0.196. The molecule has 70 valence electrons. The first-order chi connectivity index (χ1) is 5.75. The van der Waals surface area contributed by atoms with Gasteiger partial charge in [-0.15, -0.1) is 0 Å². The summed E-state index contributed by atoms with van der Waals surface area (Å²) < 4.78 is 0. The molecule has 0 unspecified atom stereocenters. The number of hydrogen-bond acceptors (Lipinski definition) is 3. The van der Waals surface area contributed by atoms with Crippen LogP contribution in [0.1, 0.15) is 39.0 Å². The molecule has 0 aromatic rings. The third kappa shape index (κ3) is 2.19. The van der Waals surface area contributed by atoms with Gasteiger partial charge in [-0.05, 0) is 12.8 Å². The number of hydroxylamine groups is 2. The van der Waals surface area contributed by atoms with E-state index in [0.29, 0.717) is 0 Å². The summed E-state index contributed by atoms with van der Waals surface area (Å²) >= 11 is 0. The van der Waals surface area contributed by atoms with Crippen LogP contribution in [-0.2, 0) is 9.73 Å². The van der Waals surface area contributed by atoms with Crippen molar-refractivity contribution in [1.29, 1.82) is 0 Å². The molecular weight excluding hydrogens is 156 g/mol. The van der Waals surface area contributed by atoms with Gasteiger partial charge in [0.25, 0.3) is 0 Å². The van der Waals surface area contributed by atoms with Gasteiger partial charge in [-0.25, -0.2) is 0 Å². The molecule has 0 saturated heterocycles. The summed E-state index contributed by atoms with van der Waals surface area (Å²) in [6.45, 7) is 1.47. The molecular formula is C8H16N2O2. The lowest BCUT2D eigenvalue weighted by atomic mass is 9.95. The van der Waals surface area contributed by atoms with E-state index in [0.717, 1.165) is 25.7 Å². The Kier molecular flexibility index (Phi) is 3.49. The fourth-order valence-corrected chi connectivity index (χ4v) is 1.73. The van der Waals surface area contributed by atoms with Gasteiger partial charge >= 0.3 is 0 Å². The zero-order valence-electron chi connectivity index (χ0n) is 7.45. The number of nitrogens with zero attached hydrogens (tertiary/aromatic N) is 1. The summed E-state index contributed by atoms with van der Waals surface area (Å²) in [7, 11) is 0. The number of hydrogen-bond donors (Lipinski definition) is 1. The minimum absolute atomic E-state index is 0.107. The molecule has 0 aliphatic heterocycles. The van der Waals surface area contributed by atoms with Crippen molar-refractivity contribution in [2.24, 2.45) is 5.90 Å². The molecule has 0 spiro atoms. The standard InChI is InChI=1S/C8H16N2O2/c1-7(11)10(12-9)8-5-3-2-4-6-8/h8H,2-6,9H2,1H3. The van der Waals surface area contributed by atoms with E-state index in [1.54, 1.807) is 0 Å². The Bertz CT molecular complexity index is 155. The number of amides is 1. The molecule has 0 heterocycles. The van der Waals surface area contributed by atoms with Crippen molar-refractivity contribution in [3.05, 3.63) is 0 Å². The molecule has 0 atom stereocenters. The largest absolute Gasteiger partial charge is 0.273 e. The van der Waals surface area contributed by atoms with Crippen molar-refractivity contribution in [3.8, 4) is 0 Å². The van der Waals surface area contributed by atoms with Crippen molar-refractivity contribution < 1.29 is 9.73 Å². The maximum absolute atomic E-state index is 11.0. The number of nitrogens with two attached hydrogens (primary N) is 1. The summed E-state index contributed by atoms with van der Waals surface area (Å²) in [4.78, 5) is 15.5. The van der Waals surface area contributed by atoms with Crippen LogP contribution in [0.2, 0.25) is 0 Å². The fraction of sp³-hybridized carbons (Fsp3) is 0.875. The molecule has 1 rings (SSSR count). The predicted octanol–water partition coefficient (Wildman–Crippen LogP) is 0.973. The second kappa shape index (κ2) is 4.42. The van der Waals surface area contributed by atoms with Crippen LogP contribution in [0.3, 0.4) is 0 Å². The lowest BCUT2D eigenvalue weighted by Gasteiger charge is -2.30. The van der Waals surface area contributed by atoms with E-state index in [1.165, 1.54) is 18.4 Å². The smallest absolute Gasteiger partial charge is 0.244 e. The molecule has 1 amide bonds. The van der Waals surface area contributed by atoms with E-state index in [2.05, 4.69) is 4.94 Å². The fourth-order valence-electron chi connectivity index (χ4n) is 1.73. The second-order valence-corrected chi connectivity index (χ2v) is 3.24. The van der Waals surface area contributed by atoms with E-state index in [-0.39, 0.29) is 11.9 Å². The Morgan fingerprint density at radius 3 is 2.42 bits per heavy atom. The molecule has 1 aliphatic rings. The Morgan fingerprint density at radius 2 is 2.00 bits per heavy atom. The van der Waals surface area contributed by atoms with Gasteiger partial charge in [0.2, 0.25) is 5.91 Å². The van der Waals surface area contributed by atoms with Gasteiger partial charge in [0.05, 0.1) is 6.04 Å². The number of carbonyl (C=O) groups is 1. The highest BCUT2D eigenvalue weighted by Crippen LogP contribution is 2.22. The van der Waals surface area contributed by atoms with Crippen LogP contribution >= 0.6 is 0 Å². The first-order valence-corrected chi connectivity index (χ1v) is 4.42. The maximum atomic E-state index is 11.0. The van der Waals surface area contributed by atoms with Crippen LogP contribution in [0.5, 0.6) is 0 Å². The summed E-state index contributed by atoms with van der Waals surface area (Å²) in [6.07, 6.45) is 5.61. The SMILES string of the molecule is CC(=O)N(ON)C1CCCCC1. The van der Waals surface area contributed by atoms with E-state index >= 15 is 0 Å². The van der Waals surface area contributed by atoms with Crippen LogP contribution in [0.25, 0.3) is 0 Å². The van der Waals surface area contributed by atoms with Crippen molar-refractivity contribution in [2.45, 2.75) is 45.1 Å². The van der Waals surface area contributed by atoms with Gasteiger partial charge in [0, 0.05) is 6.92 Å². The highest BCUT2D eigenvalue weighted by Gasteiger charge is 2.23. The normalized spacial score (nSPS) is 19.2. The van der Waals surface area contributed by atoms with Gasteiger partial charge in [-0.2, -0.15) is 15.9 Å². The lowest BCUT2D eigenvalue weighted by molar-refractivity contribution is -0.203. The van der Waals surface area contributed by atoms with Gasteiger partial charge in [-0.1, -0.05) is 19.3 Å². The average Bonchev–Trinajstić information content (AvgIpc) is 2.07. The molecule has 12 heavy (non-hydrogen) atoms. The Balaban J connectivity index is 2.46. The first kappa shape index (κ1) is 9.48. The molecule has 4 heteroatoms. The highest BCUT2D eigenvalue weighted by atomic mass is 16.8. The molecule has 1 aliphatic carbocycles. The topological polar surface area (TPSA) is 55.6 Å². The second-order valence-electron chi connectivity index (χ2n) is 3.24. The molecule has 0 aromatic heterocycles. The Morgan fingerprint density at radius 1 is 1.42 bits per heavy atom. The van der Waals surface area contributed by atoms with E-state index < -0.39 is 0 Å². The molecule has 1 saturated carbocycles. The van der Waals surface area contributed by atoms with Crippen LogP contribution in [0.4, 0.5) is 0 Å². The van der Waals surface area contributed by atoms with E-state index in [9.17, 15) is 4.79 Å².